The van der Waals surface area contributed by atoms with Gasteiger partial charge in [0.1, 0.15) is 11.9 Å². The minimum atomic E-state index is -2.73. The van der Waals surface area contributed by atoms with Crippen LogP contribution in [0.4, 0.5) is 0 Å². The van der Waals surface area contributed by atoms with Crippen LogP contribution in [0.3, 0.4) is 0 Å². The molecule has 192 valence electrons. The Morgan fingerprint density at radius 1 is 1.03 bits per heavy atom. The zero-order valence-corrected chi connectivity index (χ0v) is 23.5. The van der Waals surface area contributed by atoms with E-state index in [1.54, 1.807) is 0 Å². The fourth-order valence-corrected chi connectivity index (χ4v) is 10.4. The van der Waals surface area contributed by atoms with Crippen molar-refractivity contribution in [2.24, 2.45) is 0 Å². The first-order valence-electron chi connectivity index (χ1n) is 13.4. The maximum atomic E-state index is 13.3. The maximum absolute atomic E-state index is 13.3. The molecule has 2 aromatic carbocycles. The van der Waals surface area contributed by atoms with E-state index in [2.05, 4.69) is 101 Å². The Kier molecular flexibility index (Phi) is 8.21. The molecule has 2 aliphatic heterocycles. The van der Waals surface area contributed by atoms with Crippen molar-refractivity contribution in [3.05, 3.63) is 84.1 Å². The van der Waals surface area contributed by atoms with E-state index in [0.29, 0.717) is 6.54 Å². The third-order valence-corrected chi connectivity index (χ3v) is 12.6. The fourth-order valence-electron chi connectivity index (χ4n) is 5.66. The van der Waals surface area contributed by atoms with Gasteiger partial charge in [-0.25, -0.2) is 0 Å². The van der Waals surface area contributed by atoms with Crippen LogP contribution in [0, 0.1) is 0 Å². The summed E-state index contributed by atoms with van der Waals surface area (Å²) in [5.74, 6) is 0.947. The van der Waals surface area contributed by atoms with Gasteiger partial charge in [-0.15, -0.1) is 0 Å². The molecule has 1 saturated heterocycles. The maximum Gasteiger partial charge on any atom is 0.261 e. The molecule has 36 heavy (non-hydrogen) atoms. The highest BCUT2D eigenvalue weighted by atomic mass is 28.4. The number of carbonyl (C=O) groups excluding carboxylic acids is 1. The summed E-state index contributed by atoms with van der Waals surface area (Å²) < 4.78 is 14.0. The molecule has 0 aliphatic carbocycles. The first-order chi connectivity index (χ1) is 17.3. The fraction of sp³-hybridized carbons (Fsp3) is 0.452. The number of benzene rings is 2. The zero-order chi connectivity index (χ0) is 25.8. The summed E-state index contributed by atoms with van der Waals surface area (Å²) in [7, 11) is -2.73. The number of hydrogen-bond acceptors (Lipinski definition) is 3. The summed E-state index contributed by atoms with van der Waals surface area (Å²) >= 11 is 0. The molecule has 4 rings (SSSR count). The van der Waals surface area contributed by atoms with Crippen LogP contribution in [-0.2, 0) is 14.0 Å². The van der Waals surface area contributed by atoms with Crippen molar-refractivity contribution in [3.63, 3.8) is 0 Å². The molecule has 0 saturated carbocycles. The normalized spacial score (nSPS) is 20.7. The molecular formula is C31H41NO3Si. The van der Waals surface area contributed by atoms with Crippen molar-refractivity contribution in [2.45, 2.75) is 84.1 Å². The Morgan fingerprint density at radius 3 is 2.19 bits per heavy atom. The van der Waals surface area contributed by atoms with Gasteiger partial charge in [-0.2, -0.15) is 0 Å². The molecule has 1 fully saturated rings. The van der Waals surface area contributed by atoms with E-state index in [1.807, 2.05) is 11.8 Å². The quantitative estimate of drug-likeness (QED) is 0.242. The average molecular weight is 504 g/mol. The molecule has 2 heterocycles. The summed E-state index contributed by atoms with van der Waals surface area (Å²) in [5.41, 5.74) is 0.753. The van der Waals surface area contributed by atoms with Crippen LogP contribution in [0.2, 0.25) is 5.04 Å². The number of fused-ring (bicyclic) bond motifs is 1. The molecule has 2 atom stereocenters. The van der Waals surface area contributed by atoms with Crippen LogP contribution >= 0.6 is 0 Å². The molecule has 0 radical (unpaired) electrons. The van der Waals surface area contributed by atoms with Crippen molar-refractivity contribution >= 4 is 24.6 Å². The second kappa shape index (κ2) is 11.2. The minimum absolute atomic E-state index is 0.100. The first-order valence-corrected chi connectivity index (χ1v) is 15.3. The van der Waals surface area contributed by atoms with Crippen LogP contribution in [0.15, 0.2) is 84.1 Å². The highest BCUT2D eigenvalue weighted by molar-refractivity contribution is 6.99. The van der Waals surface area contributed by atoms with Crippen LogP contribution < -0.4 is 10.4 Å². The molecule has 0 N–H and O–H groups in total. The Bertz CT molecular complexity index is 1050. The molecule has 0 aromatic heterocycles. The van der Waals surface area contributed by atoms with E-state index in [1.165, 1.54) is 10.4 Å². The Labute approximate surface area is 218 Å². The number of hydrogen-bond donors (Lipinski definition) is 0. The van der Waals surface area contributed by atoms with Gasteiger partial charge >= 0.3 is 0 Å². The van der Waals surface area contributed by atoms with Gasteiger partial charge in [0.25, 0.3) is 14.2 Å². The average Bonchev–Trinajstić information content (AvgIpc) is 3.28. The molecule has 2 aliphatic rings. The van der Waals surface area contributed by atoms with Gasteiger partial charge < -0.3 is 14.1 Å². The number of allylic oxidation sites excluding steroid dienone is 3. The number of unbranched alkanes of at least 4 members (excludes halogenated alkanes) is 2. The smallest absolute Gasteiger partial charge is 0.261 e. The highest BCUT2D eigenvalue weighted by Gasteiger charge is 2.55. The van der Waals surface area contributed by atoms with Crippen LogP contribution in [0.5, 0.6) is 0 Å². The highest BCUT2D eigenvalue weighted by Crippen LogP contribution is 2.41. The van der Waals surface area contributed by atoms with Crippen LogP contribution in [-0.4, -0.2) is 38.0 Å². The second-order valence-electron chi connectivity index (χ2n) is 11.0. The van der Waals surface area contributed by atoms with Crippen LogP contribution in [0.25, 0.3) is 0 Å². The molecule has 2 aromatic rings. The van der Waals surface area contributed by atoms with Crippen molar-refractivity contribution in [3.8, 4) is 0 Å². The summed E-state index contributed by atoms with van der Waals surface area (Å²) in [4.78, 5) is 15.2. The zero-order valence-electron chi connectivity index (χ0n) is 22.5. The Morgan fingerprint density at radius 2 is 1.64 bits per heavy atom. The van der Waals surface area contributed by atoms with E-state index < -0.39 is 8.32 Å². The van der Waals surface area contributed by atoms with Crippen molar-refractivity contribution < 1.29 is 14.0 Å². The lowest BCUT2D eigenvalue weighted by atomic mass is 10.1. The van der Waals surface area contributed by atoms with Gasteiger partial charge in [-0.3, -0.25) is 4.79 Å². The van der Waals surface area contributed by atoms with E-state index in [0.717, 1.165) is 43.4 Å². The summed E-state index contributed by atoms with van der Waals surface area (Å²) in [6, 6.07) is 21.4. The van der Waals surface area contributed by atoms with Crippen molar-refractivity contribution in [1.29, 1.82) is 0 Å². The summed E-state index contributed by atoms with van der Waals surface area (Å²) in [6.07, 6.45) is 8.49. The third kappa shape index (κ3) is 5.09. The van der Waals surface area contributed by atoms with Crippen LogP contribution in [0.1, 0.15) is 66.7 Å². The predicted molar refractivity (Wildman–Crippen MR) is 150 cm³/mol. The number of amides is 1. The van der Waals surface area contributed by atoms with Gasteiger partial charge in [0.05, 0.1) is 5.57 Å². The standard InChI is InChI=1S/C31H41NO3Si/c1-6-7-8-9-16-21-27-24(2)29(33)32-23-22-28(30(32)34-27)35-36(31(3,4)5,25-17-12-10-13-18-25)26-19-14-11-15-20-26/h6-7,10-15,17-20,28,30H,8-9,16,21-23H2,1-5H3/b7-6+/t28-,30-/m0/s1. The molecule has 0 unspecified atom stereocenters. The molecule has 0 spiro atoms. The lowest BCUT2D eigenvalue weighted by Crippen LogP contribution is -2.68. The molecular weight excluding hydrogens is 462 g/mol. The monoisotopic (exact) mass is 503 g/mol. The van der Waals surface area contributed by atoms with E-state index in [4.69, 9.17) is 9.16 Å². The van der Waals surface area contributed by atoms with E-state index in [-0.39, 0.29) is 23.3 Å². The molecule has 4 nitrogen and oxygen atoms in total. The lowest BCUT2D eigenvalue weighted by Gasteiger charge is -2.46. The van der Waals surface area contributed by atoms with Gasteiger partial charge in [0.2, 0.25) is 0 Å². The van der Waals surface area contributed by atoms with Gasteiger partial charge in [0.15, 0.2) is 6.23 Å². The van der Waals surface area contributed by atoms with E-state index in [9.17, 15) is 4.79 Å². The van der Waals surface area contributed by atoms with E-state index >= 15 is 0 Å². The van der Waals surface area contributed by atoms with Crippen molar-refractivity contribution in [1.82, 2.24) is 4.90 Å². The second-order valence-corrected chi connectivity index (χ2v) is 15.2. The van der Waals surface area contributed by atoms with Gasteiger partial charge in [-0.1, -0.05) is 93.6 Å². The largest absolute Gasteiger partial charge is 0.472 e. The Balaban J connectivity index is 1.66. The lowest BCUT2D eigenvalue weighted by molar-refractivity contribution is -0.144. The number of ether oxygens (including phenoxy) is 1. The summed E-state index contributed by atoms with van der Waals surface area (Å²) in [6.45, 7) is 11.5. The molecule has 0 bridgehead atoms. The third-order valence-electron chi connectivity index (χ3n) is 7.55. The van der Waals surface area contributed by atoms with Gasteiger partial charge in [-0.05, 0) is 54.9 Å². The number of nitrogens with zero attached hydrogens (tertiary/aromatic N) is 1. The SMILES string of the molecule is C/C=C/CCCCC1=C(C)C(=O)N2CC[C@H](O[Si](c3ccccc3)(c3ccccc3)C(C)(C)C)[C@@H]2O1. The number of carbonyl (C=O) groups is 1. The van der Waals surface area contributed by atoms with Crippen molar-refractivity contribution in [2.75, 3.05) is 6.54 Å². The first kappa shape index (κ1) is 26.4. The minimum Gasteiger partial charge on any atom is -0.472 e. The molecule has 5 heteroatoms. The Hall–Kier alpha value is -2.63. The topological polar surface area (TPSA) is 38.8 Å². The van der Waals surface area contributed by atoms with Gasteiger partial charge in [0, 0.05) is 13.0 Å². The summed E-state index contributed by atoms with van der Waals surface area (Å²) in [5, 5.41) is 2.38. The molecule has 1 amide bonds. The number of rotatable bonds is 9. The predicted octanol–water partition coefficient (Wildman–Crippen LogP) is 5.93.